The van der Waals surface area contributed by atoms with Gasteiger partial charge in [-0.1, -0.05) is 6.07 Å². The summed E-state index contributed by atoms with van der Waals surface area (Å²) < 4.78 is 42.4. The molecule has 3 rings (SSSR count). The Kier molecular flexibility index (Phi) is 7.50. The maximum Gasteiger partial charge on any atom is 0.331 e. The number of nitrogens with zero attached hydrogens (tertiary/aromatic N) is 1. The number of aromatic nitrogens is 1. The standard InChI is InChI=1S/C22H18F2N2O5S/c1-29-18-7-3-13(9-19(18)30-2)4-8-21(28)31-11-20(27)26-22-25-17(12-32-22)15-10-14(23)5-6-16(15)24/h3-10,12H,11H2,1-2H3,(H,25,26,27)/b8-4+. The van der Waals surface area contributed by atoms with Crippen molar-refractivity contribution >= 4 is 34.4 Å². The molecule has 1 N–H and O–H groups in total. The number of nitrogens with one attached hydrogen (secondary N) is 1. The van der Waals surface area contributed by atoms with Gasteiger partial charge in [-0.15, -0.1) is 11.3 Å². The van der Waals surface area contributed by atoms with Gasteiger partial charge in [-0.25, -0.2) is 18.6 Å². The highest BCUT2D eigenvalue weighted by Crippen LogP contribution is 2.28. The molecule has 0 aliphatic rings. The van der Waals surface area contributed by atoms with Crippen LogP contribution in [0, 0.1) is 11.6 Å². The van der Waals surface area contributed by atoms with E-state index in [9.17, 15) is 18.4 Å². The monoisotopic (exact) mass is 460 g/mol. The molecule has 0 bridgehead atoms. The Labute approximate surface area is 186 Å². The van der Waals surface area contributed by atoms with E-state index in [4.69, 9.17) is 14.2 Å². The van der Waals surface area contributed by atoms with Crippen LogP contribution in [-0.2, 0) is 14.3 Å². The van der Waals surface area contributed by atoms with Crippen molar-refractivity contribution in [2.45, 2.75) is 0 Å². The Morgan fingerprint density at radius 3 is 2.62 bits per heavy atom. The van der Waals surface area contributed by atoms with Gasteiger partial charge < -0.3 is 14.2 Å². The van der Waals surface area contributed by atoms with Crippen LogP contribution in [0.25, 0.3) is 17.3 Å². The van der Waals surface area contributed by atoms with E-state index >= 15 is 0 Å². The van der Waals surface area contributed by atoms with Crippen molar-refractivity contribution in [2.24, 2.45) is 0 Å². The Morgan fingerprint density at radius 1 is 1.09 bits per heavy atom. The van der Waals surface area contributed by atoms with Gasteiger partial charge in [0.2, 0.25) is 0 Å². The number of esters is 1. The van der Waals surface area contributed by atoms with E-state index in [1.807, 2.05) is 0 Å². The van der Waals surface area contributed by atoms with Crippen LogP contribution in [0.5, 0.6) is 11.5 Å². The molecule has 0 spiro atoms. The molecule has 1 aromatic heterocycles. The van der Waals surface area contributed by atoms with Crippen molar-refractivity contribution in [1.82, 2.24) is 4.98 Å². The maximum atomic E-state index is 13.8. The van der Waals surface area contributed by atoms with Gasteiger partial charge >= 0.3 is 5.97 Å². The van der Waals surface area contributed by atoms with Gasteiger partial charge in [0, 0.05) is 17.0 Å². The van der Waals surface area contributed by atoms with Gasteiger partial charge in [-0.2, -0.15) is 0 Å². The Morgan fingerprint density at radius 2 is 1.88 bits per heavy atom. The minimum atomic E-state index is -0.725. The zero-order chi connectivity index (χ0) is 23.1. The van der Waals surface area contributed by atoms with Crippen molar-refractivity contribution in [1.29, 1.82) is 0 Å². The van der Waals surface area contributed by atoms with E-state index in [1.165, 1.54) is 31.8 Å². The van der Waals surface area contributed by atoms with Gasteiger partial charge in [0.15, 0.2) is 23.2 Å². The van der Waals surface area contributed by atoms with Crippen LogP contribution in [0.1, 0.15) is 5.56 Å². The van der Waals surface area contributed by atoms with Gasteiger partial charge in [0.05, 0.1) is 19.9 Å². The quantitative estimate of drug-likeness (QED) is 0.399. The average molecular weight is 460 g/mol. The van der Waals surface area contributed by atoms with Crippen LogP contribution in [-0.4, -0.2) is 37.7 Å². The van der Waals surface area contributed by atoms with Gasteiger partial charge in [-0.3, -0.25) is 10.1 Å². The number of ether oxygens (including phenoxy) is 3. The largest absolute Gasteiger partial charge is 0.493 e. The lowest BCUT2D eigenvalue weighted by Crippen LogP contribution is -2.20. The zero-order valence-electron chi connectivity index (χ0n) is 17.1. The van der Waals surface area contributed by atoms with Gasteiger partial charge in [0.1, 0.15) is 11.6 Å². The molecule has 0 atom stereocenters. The molecule has 1 heterocycles. The first-order chi connectivity index (χ1) is 15.4. The lowest BCUT2D eigenvalue weighted by atomic mass is 10.1. The summed E-state index contributed by atoms with van der Waals surface area (Å²) >= 11 is 1.03. The summed E-state index contributed by atoms with van der Waals surface area (Å²) in [5.74, 6) is -1.54. The summed E-state index contributed by atoms with van der Waals surface area (Å²) in [5.41, 5.74) is 0.828. The number of carbonyl (C=O) groups excluding carboxylic acids is 2. The van der Waals surface area contributed by atoms with E-state index in [0.717, 1.165) is 29.5 Å². The fourth-order valence-corrected chi connectivity index (χ4v) is 3.34. The highest BCUT2D eigenvalue weighted by molar-refractivity contribution is 7.14. The van der Waals surface area contributed by atoms with E-state index < -0.39 is 30.1 Å². The van der Waals surface area contributed by atoms with Crippen molar-refractivity contribution in [3.8, 4) is 22.8 Å². The number of methoxy groups -OCH3 is 2. The summed E-state index contributed by atoms with van der Waals surface area (Å²) in [6.07, 6.45) is 2.67. The molecule has 32 heavy (non-hydrogen) atoms. The van der Waals surface area contributed by atoms with Crippen molar-refractivity contribution < 1.29 is 32.6 Å². The second-order valence-electron chi connectivity index (χ2n) is 6.27. The Balaban J connectivity index is 1.53. The lowest BCUT2D eigenvalue weighted by molar-refractivity contribution is -0.142. The Hall–Kier alpha value is -3.79. The maximum absolute atomic E-state index is 13.8. The topological polar surface area (TPSA) is 86.8 Å². The summed E-state index contributed by atoms with van der Waals surface area (Å²) in [6, 6.07) is 8.10. The van der Waals surface area contributed by atoms with E-state index in [0.29, 0.717) is 17.1 Å². The molecule has 0 fully saturated rings. The van der Waals surface area contributed by atoms with Crippen LogP contribution in [0.4, 0.5) is 13.9 Å². The minimum absolute atomic E-state index is 0.0199. The summed E-state index contributed by atoms with van der Waals surface area (Å²) in [4.78, 5) is 27.9. The fraction of sp³-hybridized carbons (Fsp3) is 0.136. The number of hydrogen-bond acceptors (Lipinski definition) is 7. The normalized spacial score (nSPS) is 10.8. The molecule has 1 amide bonds. The molecule has 166 valence electrons. The van der Waals surface area contributed by atoms with E-state index in [-0.39, 0.29) is 16.4 Å². The second-order valence-corrected chi connectivity index (χ2v) is 7.12. The molecule has 2 aromatic carbocycles. The SMILES string of the molecule is COc1ccc(/C=C/C(=O)OCC(=O)Nc2nc(-c3cc(F)ccc3F)cs2)cc1OC. The molecular weight excluding hydrogens is 442 g/mol. The third-order valence-electron chi connectivity index (χ3n) is 4.12. The zero-order valence-corrected chi connectivity index (χ0v) is 17.9. The number of halogens is 2. The third kappa shape index (κ3) is 5.88. The predicted molar refractivity (Wildman–Crippen MR) is 116 cm³/mol. The molecule has 0 unspecified atom stereocenters. The predicted octanol–water partition coefficient (Wildman–Crippen LogP) is 4.30. The van der Waals surface area contributed by atoms with Crippen LogP contribution in [0.2, 0.25) is 0 Å². The highest BCUT2D eigenvalue weighted by Gasteiger charge is 2.13. The van der Waals surface area contributed by atoms with Gasteiger partial charge in [0.25, 0.3) is 5.91 Å². The first kappa shape index (κ1) is 22.9. The number of benzene rings is 2. The molecule has 0 radical (unpaired) electrons. The van der Waals surface area contributed by atoms with Crippen LogP contribution in [0.15, 0.2) is 47.9 Å². The first-order valence-electron chi connectivity index (χ1n) is 9.17. The van der Waals surface area contributed by atoms with Crippen molar-refractivity contribution in [3.63, 3.8) is 0 Å². The molecule has 0 aliphatic carbocycles. The Bertz CT molecular complexity index is 1160. The summed E-state index contributed by atoms with van der Waals surface area (Å²) in [5, 5.41) is 4.08. The average Bonchev–Trinajstić information content (AvgIpc) is 3.25. The van der Waals surface area contributed by atoms with Crippen LogP contribution < -0.4 is 14.8 Å². The van der Waals surface area contributed by atoms with Gasteiger partial charge in [-0.05, 0) is 42.0 Å². The van der Waals surface area contributed by atoms with Crippen LogP contribution >= 0.6 is 11.3 Å². The number of rotatable bonds is 8. The first-order valence-corrected chi connectivity index (χ1v) is 10.0. The molecule has 10 heteroatoms. The molecule has 0 saturated heterocycles. The summed E-state index contributed by atoms with van der Waals surface area (Å²) in [7, 11) is 3.01. The van der Waals surface area contributed by atoms with Crippen molar-refractivity contribution in [3.05, 3.63) is 65.1 Å². The fourth-order valence-electron chi connectivity index (χ4n) is 2.61. The van der Waals surface area contributed by atoms with E-state index in [2.05, 4.69) is 10.3 Å². The number of amides is 1. The number of carbonyl (C=O) groups is 2. The van der Waals surface area contributed by atoms with Crippen LogP contribution in [0.3, 0.4) is 0 Å². The molecule has 7 nitrogen and oxygen atoms in total. The summed E-state index contributed by atoms with van der Waals surface area (Å²) in [6.45, 7) is -0.543. The van der Waals surface area contributed by atoms with Crippen molar-refractivity contribution in [2.75, 3.05) is 26.1 Å². The number of anilines is 1. The molecule has 0 aliphatic heterocycles. The number of hydrogen-bond donors (Lipinski definition) is 1. The smallest absolute Gasteiger partial charge is 0.331 e. The highest BCUT2D eigenvalue weighted by atomic mass is 32.1. The molecule has 3 aromatic rings. The number of thiazole rings is 1. The molecular formula is C22H18F2N2O5S. The lowest BCUT2D eigenvalue weighted by Gasteiger charge is -2.07. The third-order valence-corrected chi connectivity index (χ3v) is 4.88. The minimum Gasteiger partial charge on any atom is -0.493 e. The second kappa shape index (κ2) is 10.5. The van der Waals surface area contributed by atoms with E-state index in [1.54, 1.807) is 18.2 Å². The molecule has 0 saturated carbocycles.